The van der Waals surface area contributed by atoms with Crippen molar-refractivity contribution in [2.24, 2.45) is 29.4 Å². The van der Waals surface area contributed by atoms with Crippen LogP contribution in [0.4, 0.5) is 0 Å². The average molecular weight is 522 g/mol. The molecule has 9 nitrogen and oxygen atoms in total. The van der Waals surface area contributed by atoms with Crippen LogP contribution in [0.2, 0.25) is 10.0 Å². The number of nitrogens with one attached hydrogen (secondary N) is 1. The smallest absolute Gasteiger partial charge is 0.245 e. The number of piperidine rings is 1. The summed E-state index contributed by atoms with van der Waals surface area (Å²) in [6.07, 6.45) is 2.09. The van der Waals surface area contributed by atoms with Crippen LogP contribution in [0, 0.1) is 5.92 Å². The van der Waals surface area contributed by atoms with E-state index in [1.165, 1.54) is 0 Å². The van der Waals surface area contributed by atoms with Gasteiger partial charge in [-0.2, -0.15) is 5.10 Å². The standard InChI is InChI=1S/C24H33Cl2N7O2/c1-14(2)11-19(30-24(27)28)23(35)29-13-21(34)33-9-7-15(8-10-33)20-12-18(31-32(20)3)16-5-4-6-17(25)22(16)26/h4-6,12,14-15,19H,7-11,13H2,1-3H3,(H,29,35)(H4,27,28,30). The van der Waals surface area contributed by atoms with Crippen LogP contribution in [0.3, 0.4) is 0 Å². The van der Waals surface area contributed by atoms with E-state index in [2.05, 4.69) is 15.4 Å². The number of aliphatic imine (C=N–C) groups is 1. The molecule has 2 aromatic rings. The van der Waals surface area contributed by atoms with Gasteiger partial charge in [-0.05, 0) is 37.3 Å². The van der Waals surface area contributed by atoms with Gasteiger partial charge in [-0.1, -0.05) is 49.2 Å². The highest BCUT2D eigenvalue weighted by Crippen LogP contribution is 2.35. The molecule has 0 spiro atoms. The highest BCUT2D eigenvalue weighted by Gasteiger charge is 2.27. The van der Waals surface area contributed by atoms with Crippen molar-refractivity contribution in [3.63, 3.8) is 0 Å². The summed E-state index contributed by atoms with van der Waals surface area (Å²) in [7, 11) is 1.91. The fraction of sp³-hybridized carbons (Fsp3) is 0.500. The summed E-state index contributed by atoms with van der Waals surface area (Å²) in [5.41, 5.74) is 13.6. The SMILES string of the molecule is CC(C)CC(N=C(N)N)C(=O)NCC(=O)N1CCC(c2cc(-c3cccc(Cl)c3Cl)nn2C)CC1. The maximum Gasteiger partial charge on any atom is 0.245 e. The van der Waals surface area contributed by atoms with E-state index in [4.69, 9.17) is 34.7 Å². The fourth-order valence-electron chi connectivity index (χ4n) is 4.36. The molecule has 35 heavy (non-hydrogen) atoms. The van der Waals surface area contributed by atoms with Gasteiger partial charge >= 0.3 is 0 Å². The molecule has 1 aliphatic rings. The predicted molar refractivity (Wildman–Crippen MR) is 139 cm³/mol. The van der Waals surface area contributed by atoms with E-state index in [1.54, 1.807) is 11.0 Å². The molecule has 11 heteroatoms. The first kappa shape index (κ1) is 26.8. The molecule has 0 bridgehead atoms. The van der Waals surface area contributed by atoms with Gasteiger partial charge in [0.05, 0.1) is 22.3 Å². The molecule has 1 saturated heterocycles. The van der Waals surface area contributed by atoms with E-state index in [9.17, 15) is 9.59 Å². The third kappa shape index (κ3) is 6.89. The Balaban J connectivity index is 1.57. The van der Waals surface area contributed by atoms with Crippen LogP contribution >= 0.6 is 23.2 Å². The molecule has 1 aromatic heterocycles. The normalized spacial score (nSPS) is 15.2. The zero-order valence-corrected chi connectivity index (χ0v) is 21.8. The number of carbonyl (C=O) groups is 2. The van der Waals surface area contributed by atoms with Gasteiger partial charge in [0.1, 0.15) is 6.04 Å². The Hall–Kier alpha value is -2.78. The second kappa shape index (κ2) is 11.8. The Labute approximate surface area is 215 Å². The van der Waals surface area contributed by atoms with Gasteiger partial charge in [-0.25, -0.2) is 4.99 Å². The third-order valence-corrected chi connectivity index (χ3v) is 6.94. The first-order chi connectivity index (χ1) is 16.6. The van der Waals surface area contributed by atoms with E-state index < -0.39 is 6.04 Å². The van der Waals surface area contributed by atoms with Crippen LogP contribution < -0.4 is 16.8 Å². The van der Waals surface area contributed by atoms with Crippen molar-refractivity contribution in [1.29, 1.82) is 0 Å². The van der Waals surface area contributed by atoms with Crippen molar-refractivity contribution < 1.29 is 9.59 Å². The van der Waals surface area contributed by atoms with Crippen LogP contribution in [0.25, 0.3) is 11.3 Å². The van der Waals surface area contributed by atoms with E-state index in [0.717, 1.165) is 29.8 Å². The predicted octanol–water partition coefficient (Wildman–Crippen LogP) is 2.90. The lowest BCUT2D eigenvalue weighted by molar-refractivity contribution is -0.134. The highest BCUT2D eigenvalue weighted by atomic mass is 35.5. The van der Waals surface area contributed by atoms with Crippen molar-refractivity contribution in [2.45, 2.75) is 45.1 Å². The molecule has 1 unspecified atom stereocenters. The maximum atomic E-state index is 12.7. The number of nitrogens with two attached hydrogens (primary N) is 2. The molecule has 2 amide bonds. The zero-order valence-electron chi connectivity index (χ0n) is 20.3. The fourth-order valence-corrected chi connectivity index (χ4v) is 4.76. The molecule has 2 heterocycles. The molecule has 0 radical (unpaired) electrons. The first-order valence-corrected chi connectivity index (χ1v) is 12.4. The molecule has 1 atom stereocenters. The number of aryl methyl sites for hydroxylation is 1. The topological polar surface area (TPSA) is 132 Å². The molecular formula is C24H33Cl2N7O2. The van der Waals surface area contributed by atoms with Crippen molar-refractivity contribution >= 4 is 41.0 Å². The Morgan fingerprint density at radius 3 is 2.54 bits per heavy atom. The summed E-state index contributed by atoms with van der Waals surface area (Å²) in [5.74, 6) is -0.130. The highest BCUT2D eigenvalue weighted by molar-refractivity contribution is 6.43. The Kier molecular flexibility index (Phi) is 9.02. The van der Waals surface area contributed by atoms with Gasteiger partial charge in [0.25, 0.3) is 0 Å². The van der Waals surface area contributed by atoms with Crippen molar-refractivity contribution in [3.8, 4) is 11.3 Å². The number of benzene rings is 1. The lowest BCUT2D eigenvalue weighted by Gasteiger charge is -2.32. The summed E-state index contributed by atoms with van der Waals surface area (Å²) in [5, 5.41) is 8.30. The number of rotatable bonds is 8. The minimum atomic E-state index is -0.703. The molecule has 5 N–H and O–H groups in total. The number of halogens is 2. The lowest BCUT2D eigenvalue weighted by Crippen LogP contribution is -2.46. The quantitative estimate of drug-likeness (QED) is 0.362. The average Bonchev–Trinajstić information content (AvgIpc) is 3.19. The van der Waals surface area contributed by atoms with Crippen LogP contribution in [-0.2, 0) is 16.6 Å². The number of aromatic nitrogens is 2. The van der Waals surface area contributed by atoms with Crippen LogP contribution in [0.1, 0.15) is 44.7 Å². The van der Waals surface area contributed by atoms with Crippen LogP contribution in [0.5, 0.6) is 0 Å². The third-order valence-electron chi connectivity index (χ3n) is 6.13. The Morgan fingerprint density at radius 1 is 1.23 bits per heavy atom. The minimum Gasteiger partial charge on any atom is -0.370 e. The van der Waals surface area contributed by atoms with Gasteiger partial charge in [-0.15, -0.1) is 0 Å². The Bertz CT molecular complexity index is 1090. The van der Waals surface area contributed by atoms with E-state index in [1.807, 2.05) is 43.8 Å². The summed E-state index contributed by atoms with van der Waals surface area (Å²) in [6.45, 7) is 5.07. The van der Waals surface area contributed by atoms with Gasteiger partial charge < -0.3 is 21.7 Å². The number of guanidine groups is 1. The minimum absolute atomic E-state index is 0.0821. The molecule has 1 aromatic carbocycles. The number of amides is 2. The molecular weight excluding hydrogens is 489 g/mol. The van der Waals surface area contributed by atoms with Crippen LogP contribution in [0.15, 0.2) is 29.3 Å². The molecule has 0 aliphatic carbocycles. The summed E-state index contributed by atoms with van der Waals surface area (Å²) < 4.78 is 1.87. The summed E-state index contributed by atoms with van der Waals surface area (Å²) in [4.78, 5) is 31.0. The zero-order chi connectivity index (χ0) is 25.7. The second-order valence-corrected chi connectivity index (χ2v) is 10.0. The van der Waals surface area contributed by atoms with Crippen molar-refractivity contribution in [2.75, 3.05) is 19.6 Å². The van der Waals surface area contributed by atoms with Crippen LogP contribution in [-0.4, -0.2) is 58.1 Å². The van der Waals surface area contributed by atoms with Gasteiger partial charge in [-0.3, -0.25) is 14.3 Å². The van der Waals surface area contributed by atoms with Crippen molar-refractivity contribution in [3.05, 3.63) is 40.0 Å². The summed E-state index contributed by atoms with van der Waals surface area (Å²) in [6, 6.07) is 6.83. The Morgan fingerprint density at radius 2 is 1.91 bits per heavy atom. The monoisotopic (exact) mass is 521 g/mol. The van der Waals surface area contributed by atoms with E-state index in [0.29, 0.717) is 29.6 Å². The number of likely N-dealkylation sites (tertiary alicyclic amines) is 1. The number of nitrogens with zero attached hydrogens (tertiary/aromatic N) is 4. The molecule has 1 aliphatic heterocycles. The first-order valence-electron chi connectivity index (χ1n) is 11.7. The van der Waals surface area contributed by atoms with Gasteiger partial charge in [0, 0.05) is 37.3 Å². The summed E-state index contributed by atoms with van der Waals surface area (Å²) >= 11 is 12.5. The second-order valence-electron chi connectivity index (χ2n) is 9.25. The van der Waals surface area contributed by atoms with Gasteiger partial charge in [0.15, 0.2) is 5.96 Å². The number of hydrogen-bond acceptors (Lipinski definition) is 4. The number of carbonyl (C=O) groups excluding carboxylic acids is 2. The molecule has 190 valence electrons. The molecule has 1 fully saturated rings. The van der Waals surface area contributed by atoms with Gasteiger partial charge in [0.2, 0.25) is 11.8 Å². The van der Waals surface area contributed by atoms with Crippen molar-refractivity contribution in [1.82, 2.24) is 20.0 Å². The maximum absolute atomic E-state index is 12.7. The lowest BCUT2D eigenvalue weighted by atomic mass is 9.93. The van der Waals surface area contributed by atoms with E-state index >= 15 is 0 Å². The van der Waals surface area contributed by atoms with E-state index in [-0.39, 0.29) is 36.2 Å². The largest absolute Gasteiger partial charge is 0.370 e. The number of hydrogen-bond donors (Lipinski definition) is 3. The molecule has 0 saturated carbocycles. The molecule has 3 rings (SSSR count).